The minimum absolute atomic E-state index is 0.121. The van der Waals surface area contributed by atoms with Crippen LogP contribution in [0.3, 0.4) is 0 Å². The lowest BCUT2D eigenvalue weighted by molar-refractivity contribution is 0.486. The Hall–Kier alpha value is -0.400. The van der Waals surface area contributed by atoms with Gasteiger partial charge in [0.05, 0.1) is 0 Å². The molecular formula is C9H16BrN3O2S. The minimum atomic E-state index is -3.44. The largest absolute Gasteiger partial charge is 0.334 e. The third kappa shape index (κ3) is 2.64. The van der Waals surface area contributed by atoms with Gasteiger partial charge in [-0.25, -0.2) is 13.4 Å². The summed E-state index contributed by atoms with van der Waals surface area (Å²) in [5.74, 6) is 0.716. The highest BCUT2D eigenvalue weighted by molar-refractivity contribution is 9.09. The van der Waals surface area contributed by atoms with Gasteiger partial charge in [0.2, 0.25) is 0 Å². The molecule has 1 rings (SSSR count). The summed E-state index contributed by atoms with van der Waals surface area (Å²) >= 11 is 3.22. The fourth-order valence-electron chi connectivity index (χ4n) is 1.32. The highest BCUT2D eigenvalue weighted by Crippen LogP contribution is 2.13. The summed E-state index contributed by atoms with van der Waals surface area (Å²) in [4.78, 5) is 4.07. The van der Waals surface area contributed by atoms with Crippen LogP contribution in [0.5, 0.6) is 0 Å². The van der Waals surface area contributed by atoms with Crippen LogP contribution in [0.4, 0.5) is 0 Å². The normalized spacial score (nSPS) is 12.3. The Morgan fingerprint density at radius 2 is 2.19 bits per heavy atom. The molecule has 7 heteroatoms. The van der Waals surface area contributed by atoms with E-state index in [2.05, 4.69) is 20.9 Å². The Bertz CT molecular complexity index is 455. The molecule has 0 N–H and O–H groups in total. The third-order valence-electron chi connectivity index (χ3n) is 2.37. The van der Waals surface area contributed by atoms with E-state index in [1.54, 1.807) is 20.2 Å². The van der Waals surface area contributed by atoms with Crippen molar-refractivity contribution in [1.82, 2.24) is 13.9 Å². The van der Waals surface area contributed by atoms with Gasteiger partial charge in [-0.2, -0.15) is 4.31 Å². The molecule has 1 aromatic rings. The molecule has 0 unspecified atom stereocenters. The first-order valence-electron chi connectivity index (χ1n) is 4.99. The van der Waals surface area contributed by atoms with Gasteiger partial charge in [0.15, 0.2) is 5.03 Å². The molecule has 1 heterocycles. The molecular weight excluding hydrogens is 294 g/mol. The number of rotatable bonds is 5. The number of aromatic nitrogens is 2. The molecule has 0 aromatic carbocycles. The summed E-state index contributed by atoms with van der Waals surface area (Å²) in [6, 6.07) is 0. The van der Waals surface area contributed by atoms with Crippen molar-refractivity contribution in [3.63, 3.8) is 0 Å². The molecule has 0 saturated heterocycles. The van der Waals surface area contributed by atoms with Gasteiger partial charge >= 0.3 is 0 Å². The lowest BCUT2D eigenvalue weighted by Crippen LogP contribution is -2.28. The Morgan fingerprint density at radius 1 is 1.56 bits per heavy atom. The molecule has 0 atom stereocenters. The molecule has 5 nitrogen and oxygen atoms in total. The molecule has 0 bridgehead atoms. The highest BCUT2D eigenvalue weighted by atomic mass is 79.9. The molecule has 0 amide bonds. The number of alkyl halides is 1. The average Bonchev–Trinajstić information content (AvgIpc) is 2.60. The minimum Gasteiger partial charge on any atom is -0.334 e. The van der Waals surface area contributed by atoms with Gasteiger partial charge in [-0.3, -0.25) is 0 Å². The number of imidazole rings is 1. The van der Waals surface area contributed by atoms with E-state index in [1.807, 2.05) is 11.5 Å². The third-order valence-corrected chi connectivity index (χ3v) is 4.45. The molecule has 0 aliphatic carbocycles. The molecule has 0 spiro atoms. The number of hydrogen-bond donors (Lipinski definition) is 0. The predicted molar refractivity (Wildman–Crippen MR) is 66.2 cm³/mol. The molecule has 92 valence electrons. The van der Waals surface area contributed by atoms with Crippen LogP contribution in [0, 0.1) is 6.92 Å². The van der Waals surface area contributed by atoms with E-state index in [1.165, 1.54) is 4.31 Å². The van der Waals surface area contributed by atoms with Crippen molar-refractivity contribution in [1.29, 1.82) is 0 Å². The van der Waals surface area contributed by atoms with Gasteiger partial charge in [-0.05, 0) is 13.8 Å². The summed E-state index contributed by atoms with van der Waals surface area (Å²) in [5.41, 5.74) is 0. The highest BCUT2D eigenvalue weighted by Gasteiger charge is 2.23. The standard InChI is InChI=1S/C9H16BrN3O2S/c1-4-13-7-9(11-8(13)2)16(14,15)12(3)6-5-10/h7H,4-6H2,1-3H3. The summed E-state index contributed by atoms with van der Waals surface area (Å²) in [6.07, 6.45) is 1.58. The zero-order chi connectivity index (χ0) is 12.3. The van der Waals surface area contributed by atoms with E-state index in [-0.39, 0.29) is 5.03 Å². The quantitative estimate of drug-likeness (QED) is 0.769. The molecule has 0 fully saturated rings. The van der Waals surface area contributed by atoms with Crippen LogP contribution in [0.2, 0.25) is 0 Å². The Balaban J connectivity index is 3.07. The second kappa shape index (κ2) is 5.29. The zero-order valence-corrected chi connectivity index (χ0v) is 12.0. The van der Waals surface area contributed by atoms with E-state index in [0.717, 1.165) is 6.54 Å². The fourth-order valence-corrected chi connectivity index (χ4v) is 3.25. The topological polar surface area (TPSA) is 55.2 Å². The smallest absolute Gasteiger partial charge is 0.261 e. The molecule has 1 aromatic heterocycles. The van der Waals surface area contributed by atoms with Crippen molar-refractivity contribution < 1.29 is 8.42 Å². The van der Waals surface area contributed by atoms with Gasteiger partial charge in [-0.1, -0.05) is 15.9 Å². The van der Waals surface area contributed by atoms with Gasteiger partial charge in [0.25, 0.3) is 10.0 Å². The van der Waals surface area contributed by atoms with Gasteiger partial charge in [0.1, 0.15) is 5.82 Å². The Morgan fingerprint density at radius 3 is 2.62 bits per heavy atom. The monoisotopic (exact) mass is 309 g/mol. The number of aryl methyl sites for hydroxylation is 2. The lowest BCUT2D eigenvalue weighted by atomic mass is 10.6. The summed E-state index contributed by atoms with van der Waals surface area (Å²) in [7, 11) is -1.89. The van der Waals surface area contributed by atoms with E-state index in [0.29, 0.717) is 17.7 Å². The summed E-state index contributed by atoms with van der Waals surface area (Å²) in [6.45, 7) is 4.90. The van der Waals surface area contributed by atoms with E-state index >= 15 is 0 Å². The first-order chi connectivity index (χ1) is 7.43. The second-order valence-electron chi connectivity index (χ2n) is 3.43. The van der Waals surface area contributed by atoms with Gasteiger partial charge in [0, 0.05) is 31.7 Å². The fraction of sp³-hybridized carbons (Fsp3) is 0.667. The van der Waals surface area contributed by atoms with E-state index in [9.17, 15) is 8.42 Å². The molecule has 0 aliphatic rings. The predicted octanol–water partition coefficient (Wildman–Crippen LogP) is 1.23. The maximum atomic E-state index is 12.0. The van der Waals surface area contributed by atoms with Crippen LogP contribution in [0.15, 0.2) is 11.2 Å². The molecule has 0 aliphatic heterocycles. The van der Waals surface area contributed by atoms with Crippen LogP contribution < -0.4 is 0 Å². The maximum absolute atomic E-state index is 12.0. The summed E-state index contributed by atoms with van der Waals surface area (Å²) in [5, 5.41) is 0.728. The van der Waals surface area contributed by atoms with Gasteiger partial charge in [-0.15, -0.1) is 0 Å². The van der Waals surface area contributed by atoms with Crippen molar-refractivity contribution in [2.45, 2.75) is 25.4 Å². The van der Waals surface area contributed by atoms with Crippen LogP contribution >= 0.6 is 15.9 Å². The molecule has 16 heavy (non-hydrogen) atoms. The van der Waals surface area contributed by atoms with E-state index in [4.69, 9.17) is 0 Å². The van der Waals surface area contributed by atoms with Crippen molar-refractivity contribution in [3.8, 4) is 0 Å². The lowest BCUT2D eigenvalue weighted by Gasteiger charge is -2.13. The first kappa shape index (κ1) is 13.7. The number of hydrogen-bond acceptors (Lipinski definition) is 3. The maximum Gasteiger partial charge on any atom is 0.261 e. The zero-order valence-electron chi connectivity index (χ0n) is 9.64. The summed E-state index contributed by atoms with van der Waals surface area (Å²) < 4.78 is 27.2. The first-order valence-corrected chi connectivity index (χ1v) is 7.55. The average molecular weight is 310 g/mol. The Labute approximate surface area is 105 Å². The number of nitrogens with zero attached hydrogens (tertiary/aromatic N) is 3. The van der Waals surface area contributed by atoms with Gasteiger partial charge < -0.3 is 4.57 Å². The van der Waals surface area contributed by atoms with Crippen molar-refractivity contribution in [3.05, 3.63) is 12.0 Å². The van der Waals surface area contributed by atoms with Crippen molar-refractivity contribution in [2.24, 2.45) is 0 Å². The molecule has 0 radical (unpaired) electrons. The van der Waals surface area contributed by atoms with Crippen LogP contribution in [0.1, 0.15) is 12.7 Å². The van der Waals surface area contributed by atoms with Crippen LogP contribution in [-0.4, -0.2) is 41.2 Å². The van der Waals surface area contributed by atoms with Crippen molar-refractivity contribution >= 4 is 26.0 Å². The van der Waals surface area contributed by atoms with E-state index < -0.39 is 10.0 Å². The molecule has 0 saturated carbocycles. The van der Waals surface area contributed by atoms with Crippen LogP contribution in [-0.2, 0) is 16.6 Å². The Kier molecular flexibility index (Phi) is 4.52. The van der Waals surface area contributed by atoms with Crippen molar-refractivity contribution in [2.75, 3.05) is 18.9 Å². The SMILES string of the molecule is CCn1cc(S(=O)(=O)N(C)CCBr)nc1C. The second-order valence-corrected chi connectivity index (χ2v) is 6.21. The number of sulfonamides is 1. The van der Waals surface area contributed by atoms with Crippen LogP contribution in [0.25, 0.3) is 0 Å². The number of halogens is 1.